The molecule has 2 atom stereocenters. The predicted molar refractivity (Wildman–Crippen MR) is 135 cm³/mol. The number of benzene rings is 2. The molecule has 2 aliphatic rings. The molecule has 2 saturated heterocycles. The van der Waals surface area contributed by atoms with Gasteiger partial charge in [0.1, 0.15) is 11.4 Å². The first-order valence-corrected chi connectivity index (χ1v) is 13.4. The Balaban J connectivity index is 1.37. The number of likely N-dealkylation sites (tertiary alicyclic amines) is 1. The molecule has 0 aliphatic carbocycles. The van der Waals surface area contributed by atoms with E-state index < -0.39 is 41.5 Å². The molecule has 220 valence electrons. The summed E-state index contributed by atoms with van der Waals surface area (Å²) < 4.78 is 98.7. The average Bonchev–Trinajstić information content (AvgIpc) is 2.91. The largest absolute Gasteiger partial charge is 0.416 e. The number of halogens is 7. The maximum atomic E-state index is 13.3. The molecule has 0 aromatic heterocycles. The Kier molecular flexibility index (Phi) is 8.85. The Bertz CT molecular complexity index is 1130. The van der Waals surface area contributed by atoms with E-state index in [1.54, 1.807) is 13.8 Å². The van der Waals surface area contributed by atoms with Gasteiger partial charge in [-0.25, -0.2) is 4.39 Å². The van der Waals surface area contributed by atoms with Crippen LogP contribution in [-0.4, -0.2) is 42.1 Å². The van der Waals surface area contributed by atoms with E-state index >= 15 is 0 Å². The number of hydrogen-bond donors (Lipinski definition) is 1. The lowest BCUT2D eigenvalue weighted by Crippen LogP contribution is -2.58. The van der Waals surface area contributed by atoms with E-state index in [4.69, 9.17) is 4.74 Å². The van der Waals surface area contributed by atoms with Gasteiger partial charge in [0.25, 0.3) is 5.91 Å². The van der Waals surface area contributed by atoms with Crippen molar-refractivity contribution in [3.05, 3.63) is 70.5 Å². The van der Waals surface area contributed by atoms with Gasteiger partial charge in [0.2, 0.25) is 0 Å². The molecule has 1 N–H and O–H groups in total. The monoisotopic (exact) mass is 574 g/mol. The lowest BCUT2D eigenvalue weighted by atomic mass is 9.80. The lowest BCUT2D eigenvalue weighted by Gasteiger charge is -2.46. The van der Waals surface area contributed by atoms with E-state index in [9.17, 15) is 35.5 Å². The number of carbonyl (C=O) groups is 1. The minimum absolute atomic E-state index is 0.0633. The van der Waals surface area contributed by atoms with E-state index in [0.29, 0.717) is 30.9 Å². The van der Waals surface area contributed by atoms with Crippen LogP contribution in [0.15, 0.2) is 42.5 Å². The zero-order valence-corrected chi connectivity index (χ0v) is 22.3. The van der Waals surface area contributed by atoms with Crippen LogP contribution in [0.4, 0.5) is 30.7 Å². The molecule has 2 aromatic rings. The summed E-state index contributed by atoms with van der Waals surface area (Å²) in [6.07, 6.45) is -7.07. The normalized spacial score (nSPS) is 23.4. The maximum Gasteiger partial charge on any atom is 0.416 e. The Hall–Kier alpha value is -2.66. The van der Waals surface area contributed by atoms with E-state index in [0.717, 1.165) is 31.5 Å². The van der Waals surface area contributed by atoms with Crippen molar-refractivity contribution in [2.75, 3.05) is 19.7 Å². The van der Waals surface area contributed by atoms with Gasteiger partial charge in [0.05, 0.1) is 17.7 Å². The maximum absolute atomic E-state index is 13.3. The summed E-state index contributed by atoms with van der Waals surface area (Å²) in [5.41, 5.74) is -3.28. The summed E-state index contributed by atoms with van der Waals surface area (Å²) in [5, 5.41) is 2.53. The molecule has 0 bridgehead atoms. The zero-order chi connectivity index (χ0) is 29.3. The molecular weight excluding hydrogens is 541 g/mol. The fourth-order valence-electron chi connectivity index (χ4n) is 5.75. The molecule has 0 spiro atoms. The van der Waals surface area contributed by atoms with E-state index in [1.165, 1.54) is 12.1 Å². The van der Waals surface area contributed by atoms with Crippen LogP contribution in [0.5, 0.6) is 0 Å². The number of nitrogens with one attached hydrogen (secondary N) is 1. The Morgan fingerprint density at radius 1 is 0.975 bits per heavy atom. The van der Waals surface area contributed by atoms with Gasteiger partial charge in [-0.15, -0.1) is 0 Å². The molecule has 4 nitrogen and oxygen atoms in total. The van der Waals surface area contributed by atoms with E-state index in [2.05, 4.69) is 10.2 Å². The molecule has 2 heterocycles. The summed E-state index contributed by atoms with van der Waals surface area (Å²) >= 11 is 0. The summed E-state index contributed by atoms with van der Waals surface area (Å²) in [6, 6.07) is 7.96. The molecule has 2 unspecified atom stereocenters. The van der Waals surface area contributed by atoms with Crippen molar-refractivity contribution in [3.63, 3.8) is 0 Å². The summed E-state index contributed by atoms with van der Waals surface area (Å²) in [4.78, 5) is 15.6. The first kappa shape index (κ1) is 30.3. The number of ether oxygens (including phenoxy) is 1. The molecule has 0 saturated carbocycles. The highest BCUT2D eigenvalue weighted by molar-refractivity contribution is 5.85. The van der Waals surface area contributed by atoms with E-state index in [-0.39, 0.29) is 36.0 Å². The van der Waals surface area contributed by atoms with E-state index in [1.807, 2.05) is 12.1 Å². The van der Waals surface area contributed by atoms with Gasteiger partial charge in [0, 0.05) is 12.6 Å². The van der Waals surface area contributed by atoms with Crippen LogP contribution in [0.1, 0.15) is 67.7 Å². The van der Waals surface area contributed by atoms with Crippen LogP contribution in [0, 0.1) is 11.7 Å². The molecule has 40 heavy (non-hydrogen) atoms. The Labute approximate surface area is 228 Å². The topological polar surface area (TPSA) is 41.6 Å². The number of rotatable bonds is 6. The number of nitrogens with zero attached hydrogens (tertiary/aromatic N) is 1. The number of amides is 1. The highest BCUT2D eigenvalue weighted by Crippen LogP contribution is 2.38. The van der Waals surface area contributed by atoms with Crippen molar-refractivity contribution in [2.45, 2.75) is 76.0 Å². The van der Waals surface area contributed by atoms with Crippen molar-refractivity contribution in [2.24, 2.45) is 5.92 Å². The molecule has 2 aromatic carbocycles. The van der Waals surface area contributed by atoms with Crippen molar-refractivity contribution in [1.82, 2.24) is 10.2 Å². The summed E-state index contributed by atoms with van der Waals surface area (Å²) in [7, 11) is 0. The van der Waals surface area contributed by atoms with Crippen molar-refractivity contribution < 1.29 is 40.3 Å². The van der Waals surface area contributed by atoms with Crippen LogP contribution in [0.2, 0.25) is 0 Å². The molecule has 4 rings (SSSR count). The van der Waals surface area contributed by atoms with Gasteiger partial charge >= 0.3 is 12.4 Å². The average molecular weight is 575 g/mol. The third-order valence-electron chi connectivity index (χ3n) is 8.19. The van der Waals surface area contributed by atoms with Crippen LogP contribution in [0.25, 0.3) is 0 Å². The smallest absolute Gasteiger partial charge is 0.363 e. The van der Waals surface area contributed by atoms with Gasteiger partial charge in [-0.05, 0) is 92.1 Å². The quantitative estimate of drug-likeness (QED) is 0.381. The summed E-state index contributed by atoms with van der Waals surface area (Å²) in [5.74, 6) is -0.749. The summed E-state index contributed by atoms with van der Waals surface area (Å²) in [6.45, 7) is 5.06. The van der Waals surface area contributed by atoms with Gasteiger partial charge in [-0.1, -0.05) is 26.0 Å². The first-order chi connectivity index (χ1) is 18.7. The van der Waals surface area contributed by atoms with Crippen LogP contribution >= 0.6 is 0 Å². The standard InChI is InChI=1S/C29H33F7N2O2/c1-18(2)27(26(39)37-16-19-13-22(28(31,32)33)15-23(14-19)29(34,35)36)10-7-25(17-40-27)38-11-8-21(9-12-38)20-3-5-24(30)6-4-20/h3-6,13-15,18,21,25H,7-12,16-17H2,1-2H3,(H,37,39). The van der Waals surface area contributed by atoms with Gasteiger partial charge < -0.3 is 10.1 Å². The second-order valence-electron chi connectivity index (χ2n) is 11.0. The lowest BCUT2D eigenvalue weighted by molar-refractivity contribution is -0.170. The zero-order valence-electron chi connectivity index (χ0n) is 22.3. The van der Waals surface area contributed by atoms with Crippen molar-refractivity contribution in [3.8, 4) is 0 Å². The minimum atomic E-state index is -4.96. The number of hydrogen-bond acceptors (Lipinski definition) is 3. The highest BCUT2D eigenvalue weighted by Gasteiger charge is 2.47. The minimum Gasteiger partial charge on any atom is -0.363 e. The highest BCUT2D eigenvalue weighted by atomic mass is 19.4. The number of alkyl halides is 6. The van der Waals surface area contributed by atoms with Gasteiger partial charge in [0.15, 0.2) is 0 Å². The molecule has 0 radical (unpaired) electrons. The first-order valence-electron chi connectivity index (χ1n) is 13.4. The molecular formula is C29H33F7N2O2. The molecule has 11 heteroatoms. The fourth-order valence-corrected chi connectivity index (χ4v) is 5.75. The SMILES string of the molecule is CC(C)C1(C(=O)NCc2cc(C(F)(F)F)cc(C(F)(F)F)c2)CCC(N2CCC(c3ccc(F)cc3)CC2)CO1. The van der Waals surface area contributed by atoms with Crippen LogP contribution in [0.3, 0.4) is 0 Å². The van der Waals surface area contributed by atoms with Gasteiger partial charge in [-0.3, -0.25) is 9.69 Å². The second-order valence-corrected chi connectivity index (χ2v) is 11.0. The Morgan fingerprint density at radius 3 is 2.02 bits per heavy atom. The third-order valence-corrected chi connectivity index (χ3v) is 8.19. The van der Waals surface area contributed by atoms with Crippen molar-refractivity contribution >= 4 is 5.91 Å². The number of carbonyl (C=O) groups excluding carboxylic acids is 1. The Morgan fingerprint density at radius 2 is 1.55 bits per heavy atom. The number of piperidine rings is 1. The van der Waals surface area contributed by atoms with Crippen LogP contribution in [-0.2, 0) is 28.4 Å². The molecule has 2 aliphatic heterocycles. The van der Waals surface area contributed by atoms with Gasteiger partial charge in [-0.2, -0.15) is 26.3 Å². The third kappa shape index (κ3) is 6.79. The van der Waals surface area contributed by atoms with Crippen LogP contribution < -0.4 is 5.32 Å². The molecule has 2 fully saturated rings. The predicted octanol–water partition coefficient (Wildman–Crippen LogP) is 6.93. The fraction of sp³-hybridized carbons (Fsp3) is 0.552. The molecule has 1 amide bonds. The van der Waals surface area contributed by atoms with Crippen molar-refractivity contribution in [1.29, 1.82) is 0 Å². The second kappa shape index (κ2) is 11.7.